The summed E-state index contributed by atoms with van der Waals surface area (Å²) >= 11 is 0. The predicted molar refractivity (Wildman–Crippen MR) is 79.9 cm³/mol. The fourth-order valence-corrected chi connectivity index (χ4v) is 2.62. The van der Waals surface area contributed by atoms with Crippen LogP contribution in [0.4, 0.5) is 0 Å². The van der Waals surface area contributed by atoms with Crippen LogP contribution >= 0.6 is 0 Å². The standard InChI is InChI=1S/C16H22N2O3/c1-11(2)17-8-7-15(19)18-10-13-6-4-3-5-12(13)9-14(18)16(20)21/h3-6,11,14,17H,7-10H2,1-2H3,(H,20,21)/t14-/m0/s1. The van der Waals surface area contributed by atoms with Gasteiger partial charge in [0.1, 0.15) is 6.04 Å². The lowest BCUT2D eigenvalue weighted by Crippen LogP contribution is -2.49. The molecule has 0 radical (unpaired) electrons. The zero-order valence-electron chi connectivity index (χ0n) is 12.5. The molecule has 0 unspecified atom stereocenters. The predicted octanol–water partition coefficient (Wildman–Crippen LogP) is 1.41. The Balaban J connectivity index is 2.09. The highest BCUT2D eigenvalue weighted by Gasteiger charge is 2.33. The number of hydrogen-bond donors (Lipinski definition) is 2. The van der Waals surface area contributed by atoms with Gasteiger partial charge in [-0.1, -0.05) is 38.1 Å². The first-order chi connectivity index (χ1) is 9.99. The summed E-state index contributed by atoms with van der Waals surface area (Å²) in [5.74, 6) is -1.04. The third-order valence-electron chi connectivity index (χ3n) is 3.75. The van der Waals surface area contributed by atoms with E-state index in [1.54, 1.807) is 0 Å². The molecule has 2 rings (SSSR count). The van der Waals surface area contributed by atoms with Gasteiger partial charge < -0.3 is 15.3 Å². The molecule has 1 aliphatic rings. The number of carboxylic acid groups (broad SMARTS) is 1. The minimum atomic E-state index is -0.935. The van der Waals surface area contributed by atoms with E-state index < -0.39 is 12.0 Å². The Morgan fingerprint density at radius 1 is 1.33 bits per heavy atom. The molecular weight excluding hydrogens is 268 g/mol. The van der Waals surface area contributed by atoms with Gasteiger partial charge in [-0.05, 0) is 11.1 Å². The molecule has 5 heteroatoms. The lowest BCUT2D eigenvalue weighted by atomic mass is 9.93. The Morgan fingerprint density at radius 3 is 2.62 bits per heavy atom. The third kappa shape index (κ3) is 3.82. The van der Waals surface area contributed by atoms with E-state index in [9.17, 15) is 14.7 Å². The number of amides is 1. The Morgan fingerprint density at radius 2 is 2.00 bits per heavy atom. The van der Waals surface area contributed by atoms with Crippen LogP contribution in [0.25, 0.3) is 0 Å². The lowest BCUT2D eigenvalue weighted by molar-refractivity contribution is -0.151. The minimum Gasteiger partial charge on any atom is -0.480 e. The van der Waals surface area contributed by atoms with Gasteiger partial charge >= 0.3 is 5.97 Å². The number of fused-ring (bicyclic) bond motifs is 1. The van der Waals surface area contributed by atoms with Crippen LogP contribution in [0.15, 0.2) is 24.3 Å². The van der Waals surface area contributed by atoms with Gasteiger partial charge in [0, 0.05) is 32.0 Å². The molecule has 1 heterocycles. The van der Waals surface area contributed by atoms with Gasteiger partial charge in [-0.3, -0.25) is 4.79 Å². The second-order valence-corrected chi connectivity index (χ2v) is 5.71. The maximum Gasteiger partial charge on any atom is 0.326 e. The average molecular weight is 290 g/mol. The van der Waals surface area contributed by atoms with E-state index in [0.717, 1.165) is 11.1 Å². The molecule has 0 spiro atoms. The van der Waals surface area contributed by atoms with Crippen molar-refractivity contribution in [3.8, 4) is 0 Å². The van der Waals surface area contributed by atoms with Crippen molar-refractivity contribution in [2.45, 2.75) is 45.3 Å². The number of carbonyl (C=O) groups excluding carboxylic acids is 1. The Labute approximate surface area is 125 Å². The second kappa shape index (κ2) is 6.72. The van der Waals surface area contributed by atoms with Crippen molar-refractivity contribution in [2.75, 3.05) is 6.54 Å². The number of carbonyl (C=O) groups is 2. The number of benzene rings is 1. The molecular formula is C16H22N2O3. The Bertz CT molecular complexity index is 528. The van der Waals surface area contributed by atoms with E-state index in [1.807, 2.05) is 38.1 Å². The van der Waals surface area contributed by atoms with E-state index >= 15 is 0 Å². The van der Waals surface area contributed by atoms with Crippen molar-refractivity contribution in [2.24, 2.45) is 0 Å². The van der Waals surface area contributed by atoms with Crippen LogP contribution < -0.4 is 5.32 Å². The maximum absolute atomic E-state index is 12.3. The van der Waals surface area contributed by atoms with Crippen LogP contribution in [0.5, 0.6) is 0 Å². The first kappa shape index (κ1) is 15.5. The number of hydrogen-bond acceptors (Lipinski definition) is 3. The van der Waals surface area contributed by atoms with Crippen molar-refractivity contribution in [3.63, 3.8) is 0 Å². The van der Waals surface area contributed by atoms with Gasteiger partial charge in [-0.2, -0.15) is 0 Å². The summed E-state index contributed by atoms with van der Waals surface area (Å²) in [6.07, 6.45) is 0.707. The molecule has 1 aromatic rings. The van der Waals surface area contributed by atoms with Gasteiger partial charge in [-0.25, -0.2) is 4.79 Å². The monoisotopic (exact) mass is 290 g/mol. The van der Waals surface area contributed by atoms with Crippen LogP contribution in [0, 0.1) is 0 Å². The van der Waals surface area contributed by atoms with Gasteiger partial charge in [0.2, 0.25) is 5.91 Å². The summed E-state index contributed by atoms with van der Waals surface area (Å²) < 4.78 is 0. The summed E-state index contributed by atoms with van der Waals surface area (Å²) in [5, 5.41) is 12.6. The SMILES string of the molecule is CC(C)NCCC(=O)N1Cc2ccccc2C[C@H]1C(=O)O. The van der Waals surface area contributed by atoms with E-state index in [1.165, 1.54) is 4.90 Å². The van der Waals surface area contributed by atoms with E-state index in [0.29, 0.717) is 32.0 Å². The fourth-order valence-electron chi connectivity index (χ4n) is 2.62. The molecule has 1 aliphatic heterocycles. The zero-order chi connectivity index (χ0) is 15.4. The highest BCUT2D eigenvalue weighted by molar-refractivity contribution is 5.84. The van der Waals surface area contributed by atoms with Crippen molar-refractivity contribution in [3.05, 3.63) is 35.4 Å². The second-order valence-electron chi connectivity index (χ2n) is 5.71. The minimum absolute atomic E-state index is 0.106. The molecule has 0 aromatic heterocycles. The molecule has 0 saturated heterocycles. The smallest absolute Gasteiger partial charge is 0.326 e. The molecule has 1 aromatic carbocycles. The van der Waals surface area contributed by atoms with E-state index in [-0.39, 0.29) is 5.91 Å². The van der Waals surface area contributed by atoms with Crippen LogP contribution in [0.2, 0.25) is 0 Å². The van der Waals surface area contributed by atoms with Gasteiger partial charge in [0.05, 0.1) is 0 Å². The molecule has 0 fully saturated rings. The van der Waals surface area contributed by atoms with E-state index in [2.05, 4.69) is 5.32 Å². The van der Waals surface area contributed by atoms with Crippen molar-refractivity contribution in [1.82, 2.24) is 10.2 Å². The molecule has 1 amide bonds. The Kier molecular flexibility index (Phi) is 4.96. The van der Waals surface area contributed by atoms with Gasteiger partial charge in [0.25, 0.3) is 0 Å². The summed E-state index contributed by atoms with van der Waals surface area (Å²) in [6, 6.07) is 7.28. The van der Waals surface area contributed by atoms with Crippen LogP contribution in [0.1, 0.15) is 31.4 Å². The molecule has 0 bridgehead atoms. The first-order valence-electron chi connectivity index (χ1n) is 7.31. The molecule has 0 aliphatic carbocycles. The topological polar surface area (TPSA) is 69.6 Å². The number of nitrogens with zero attached hydrogens (tertiary/aromatic N) is 1. The Hall–Kier alpha value is -1.88. The van der Waals surface area contributed by atoms with E-state index in [4.69, 9.17) is 0 Å². The summed E-state index contributed by atoms with van der Waals surface area (Å²) in [6.45, 7) is 4.98. The molecule has 21 heavy (non-hydrogen) atoms. The number of nitrogens with one attached hydrogen (secondary N) is 1. The summed E-state index contributed by atoms with van der Waals surface area (Å²) in [5.41, 5.74) is 2.06. The summed E-state index contributed by atoms with van der Waals surface area (Å²) in [7, 11) is 0. The zero-order valence-corrected chi connectivity index (χ0v) is 12.5. The highest BCUT2D eigenvalue weighted by atomic mass is 16.4. The largest absolute Gasteiger partial charge is 0.480 e. The normalized spacial score (nSPS) is 17.7. The molecule has 114 valence electrons. The number of carboxylic acids is 1. The molecule has 1 atom stereocenters. The van der Waals surface area contributed by atoms with Gasteiger partial charge in [-0.15, -0.1) is 0 Å². The van der Waals surface area contributed by atoms with Crippen molar-refractivity contribution in [1.29, 1.82) is 0 Å². The van der Waals surface area contributed by atoms with Gasteiger partial charge in [0.15, 0.2) is 0 Å². The summed E-state index contributed by atoms with van der Waals surface area (Å²) in [4.78, 5) is 25.3. The third-order valence-corrected chi connectivity index (χ3v) is 3.75. The number of rotatable bonds is 5. The molecule has 5 nitrogen and oxygen atoms in total. The first-order valence-corrected chi connectivity index (χ1v) is 7.31. The van der Waals surface area contributed by atoms with Crippen molar-refractivity contribution < 1.29 is 14.7 Å². The molecule has 0 saturated carbocycles. The average Bonchev–Trinajstić information content (AvgIpc) is 2.45. The highest BCUT2D eigenvalue weighted by Crippen LogP contribution is 2.24. The molecule has 2 N–H and O–H groups in total. The van der Waals surface area contributed by atoms with Crippen LogP contribution in [-0.4, -0.2) is 40.5 Å². The fraction of sp³-hybridized carbons (Fsp3) is 0.500. The van der Waals surface area contributed by atoms with Crippen molar-refractivity contribution >= 4 is 11.9 Å². The lowest BCUT2D eigenvalue weighted by Gasteiger charge is -2.34. The number of aliphatic carboxylic acids is 1. The maximum atomic E-state index is 12.3. The van der Waals surface area contributed by atoms with Crippen LogP contribution in [-0.2, 0) is 22.6 Å². The quantitative estimate of drug-likeness (QED) is 0.860. The van der Waals surface area contributed by atoms with Crippen LogP contribution in [0.3, 0.4) is 0 Å².